The Labute approximate surface area is 120 Å². The minimum absolute atomic E-state index is 0.206. The molecule has 0 unspecified atom stereocenters. The van der Waals surface area contributed by atoms with Gasteiger partial charge in [-0.15, -0.1) is 0 Å². The Balaban J connectivity index is 2.14. The molecule has 1 heterocycles. The fourth-order valence-electron chi connectivity index (χ4n) is 2.78. The van der Waals surface area contributed by atoms with E-state index in [1.165, 1.54) is 49.7 Å². The number of nitrogens with zero attached hydrogens (tertiary/aromatic N) is 1. The second-order valence-corrected chi connectivity index (χ2v) is 6.60. The molecule has 1 saturated heterocycles. The molecule has 1 aromatic rings. The summed E-state index contributed by atoms with van der Waals surface area (Å²) in [4.78, 5) is 14.1. The van der Waals surface area contributed by atoms with Gasteiger partial charge in [-0.25, -0.2) is 0 Å². The Morgan fingerprint density at radius 1 is 1.16 bits per heavy atom. The van der Waals surface area contributed by atoms with Gasteiger partial charge in [0.1, 0.15) is 0 Å². The van der Waals surface area contributed by atoms with E-state index in [1.807, 2.05) is 6.07 Å². The molecule has 19 heavy (non-hydrogen) atoms. The van der Waals surface area contributed by atoms with E-state index in [0.29, 0.717) is 6.04 Å². The Kier molecular flexibility index (Phi) is 5.46. The van der Waals surface area contributed by atoms with Gasteiger partial charge in [-0.1, -0.05) is 48.5 Å². The summed E-state index contributed by atoms with van der Waals surface area (Å²) in [5, 5.41) is 0.453. The number of hydrogen-bond donors (Lipinski definition) is 0. The van der Waals surface area contributed by atoms with Crippen LogP contribution in [0, 0.1) is 0 Å². The minimum Gasteiger partial charge on any atom is -0.299 e. The number of thioether (sulfide) groups is 1. The molecule has 0 aliphatic carbocycles. The van der Waals surface area contributed by atoms with Crippen LogP contribution in [0.15, 0.2) is 30.3 Å². The molecule has 1 aliphatic rings. The molecule has 0 saturated carbocycles. The third-order valence-corrected chi connectivity index (χ3v) is 5.08. The van der Waals surface area contributed by atoms with E-state index in [-0.39, 0.29) is 10.4 Å². The molecule has 2 atom stereocenters. The van der Waals surface area contributed by atoms with Crippen LogP contribution in [0.25, 0.3) is 0 Å². The largest absolute Gasteiger partial charge is 0.299 e. The standard InChI is InChI=1S/C16H23NOS/c1-13(17-11-7-4-8-12-17)16(19-14(2)18)15-9-5-3-6-10-15/h3,5-6,9-10,13,16H,4,7-8,11-12H2,1-2H3/t13-,16-/m0/s1. The SMILES string of the molecule is CC(=O)S[C@H](c1ccccc1)[C@H](C)N1CCCCC1. The van der Waals surface area contributed by atoms with Gasteiger partial charge in [-0.2, -0.15) is 0 Å². The summed E-state index contributed by atoms with van der Waals surface area (Å²) in [6.07, 6.45) is 3.92. The van der Waals surface area contributed by atoms with Gasteiger partial charge in [0.25, 0.3) is 0 Å². The number of piperidine rings is 1. The zero-order chi connectivity index (χ0) is 13.7. The monoisotopic (exact) mass is 277 g/mol. The molecular weight excluding hydrogens is 254 g/mol. The lowest BCUT2D eigenvalue weighted by atomic mass is 10.0. The lowest BCUT2D eigenvalue weighted by Gasteiger charge is -2.36. The predicted octanol–water partition coefficient (Wildman–Crippen LogP) is 3.88. The third kappa shape index (κ3) is 4.08. The van der Waals surface area contributed by atoms with Crippen molar-refractivity contribution in [2.45, 2.75) is 44.4 Å². The number of rotatable bonds is 4. The van der Waals surface area contributed by atoms with Gasteiger partial charge in [0.05, 0.1) is 5.25 Å². The van der Waals surface area contributed by atoms with Crippen LogP contribution in [0.1, 0.15) is 43.9 Å². The molecule has 1 fully saturated rings. The van der Waals surface area contributed by atoms with Gasteiger partial charge in [-0.05, 0) is 38.4 Å². The topological polar surface area (TPSA) is 20.3 Å². The first-order valence-corrected chi connectivity index (χ1v) is 8.02. The summed E-state index contributed by atoms with van der Waals surface area (Å²) in [5.41, 5.74) is 1.26. The Hall–Kier alpha value is -0.800. The smallest absolute Gasteiger partial charge is 0.186 e. The fraction of sp³-hybridized carbons (Fsp3) is 0.562. The van der Waals surface area contributed by atoms with Crippen molar-refractivity contribution in [3.8, 4) is 0 Å². The zero-order valence-electron chi connectivity index (χ0n) is 11.8. The first kappa shape index (κ1) is 14.6. The fourth-order valence-corrected chi connectivity index (χ4v) is 3.80. The molecule has 1 aromatic carbocycles. The first-order chi connectivity index (χ1) is 9.18. The van der Waals surface area contributed by atoms with Crippen LogP contribution in [-0.4, -0.2) is 29.1 Å². The molecule has 2 rings (SSSR count). The van der Waals surface area contributed by atoms with Gasteiger partial charge in [-0.3, -0.25) is 9.69 Å². The normalized spacial score (nSPS) is 19.9. The second kappa shape index (κ2) is 7.11. The van der Waals surface area contributed by atoms with Crippen molar-refractivity contribution in [3.05, 3.63) is 35.9 Å². The summed E-state index contributed by atoms with van der Waals surface area (Å²) in [6.45, 7) is 6.27. The molecule has 0 bridgehead atoms. The predicted molar refractivity (Wildman–Crippen MR) is 82.3 cm³/mol. The quantitative estimate of drug-likeness (QED) is 0.833. The molecular formula is C16H23NOS. The van der Waals surface area contributed by atoms with Crippen LogP contribution < -0.4 is 0 Å². The van der Waals surface area contributed by atoms with E-state index in [9.17, 15) is 4.79 Å². The van der Waals surface area contributed by atoms with Gasteiger partial charge in [0, 0.05) is 13.0 Å². The number of likely N-dealkylation sites (tertiary alicyclic amines) is 1. The summed E-state index contributed by atoms with van der Waals surface area (Å²) in [7, 11) is 0. The van der Waals surface area contributed by atoms with Gasteiger partial charge in [0.15, 0.2) is 5.12 Å². The maximum absolute atomic E-state index is 11.6. The van der Waals surface area contributed by atoms with Crippen molar-refractivity contribution >= 4 is 16.9 Å². The van der Waals surface area contributed by atoms with Crippen LogP contribution in [-0.2, 0) is 4.79 Å². The number of hydrogen-bond acceptors (Lipinski definition) is 3. The Morgan fingerprint density at radius 3 is 2.37 bits per heavy atom. The molecule has 2 nitrogen and oxygen atoms in total. The van der Waals surface area contributed by atoms with Crippen molar-refractivity contribution in [2.75, 3.05) is 13.1 Å². The Morgan fingerprint density at radius 2 is 1.79 bits per heavy atom. The van der Waals surface area contributed by atoms with Crippen molar-refractivity contribution in [3.63, 3.8) is 0 Å². The highest BCUT2D eigenvalue weighted by Crippen LogP contribution is 2.35. The van der Waals surface area contributed by atoms with Crippen LogP contribution in [0.2, 0.25) is 0 Å². The average Bonchev–Trinajstić information content (AvgIpc) is 2.46. The average molecular weight is 277 g/mol. The molecule has 3 heteroatoms. The molecule has 104 valence electrons. The van der Waals surface area contributed by atoms with Crippen molar-refractivity contribution in [1.29, 1.82) is 0 Å². The first-order valence-electron chi connectivity index (χ1n) is 7.14. The van der Waals surface area contributed by atoms with E-state index in [2.05, 4.69) is 36.1 Å². The van der Waals surface area contributed by atoms with Gasteiger partial charge in [0.2, 0.25) is 0 Å². The van der Waals surface area contributed by atoms with Crippen molar-refractivity contribution in [2.24, 2.45) is 0 Å². The number of benzene rings is 1. The third-order valence-electron chi connectivity index (χ3n) is 3.83. The zero-order valence-corrected chi connectivity index (χ0v) is 12.7. The highest BCUT2D eigenvalue weighted by molar-refractivity contribution is 8.13. The Bertz CT molecular complexity index is 400. The maximum atomic E-state index is 11.6. The van der Waals surface area contributed by atoms with E-state index >= 15 is 0 Å². The number of carbonyl (C=O) groups excluding carboxylic acids is 1. The van der Waals surface area contributed by atoms with Crippen LogP contribution in [0.5, 0.6) is 0 Å². The maximum Gasteiger partial charge on any atom is 0.186 e. The van der Waals surface area contributed by atoms with Crippen molar-refractivity contribution in [1.82, 2.24) is 4.90 Å². The lowest BCUT2D eigenvalue weighted by molar-refractivity contribution is -0.109. The molecule has 0 aromatic heterocycles. The van der Waals surface area contributed by atoms with Crippen LogP contribution in [0.3, 0.4) is 0 Å². The summed E-state index contributed by atoms with van der Waals surface area (Å²) < 4.78 is 0. The second-order valence-electron chi connectivity index (χ2n) is 5.28. The summed E-state index contributed by atoms with van der Waals surface area (Å²) in [6, 6.07) is 10.8. The van der Waals surface area contributed by atoms with E-state index in [4.69, 9.17) is 0 Å². The number of carbonyl (C=O) groups is 1. The molecule has 0 amide bonds. The molecule has 0 spiro atoms. The van der Waals surface area contributed by atoms with E-state index < -0.39 is 0 Å². The minimum atomic E-state index is 0.206. The summed E-state index contributed by atoms with van der Waals surface area (Å²) >= 11 is 1.47. The highest BCUT2D eigenvalue weighted by Gasteiger charge is 2.27. The van der Waals surface area contributed by atoms with Crippen LogP contribution >= 0.6 is 11.8 Å². The molecule has 1 aliphatic heterocycles. The molecule has 0 radical (unpaired) electrons. The van der Waals surface area contributed by atoms with Crippen LogP contribution in [0.4, 0.5) is 0 Å². The van der Waals surface area contributed by atoms with E-state index in [1.54, 1.807) is 6.92 Å². The highest BCUT2D eigenvalue weighted by atomic mass is 32.2. The van der Waals surface area contributed by atoms with Gasteiger partial charge < -0.3 is 0 Å². The van der Waals surface area contributed by atoms with Gasteiger partial charge >= 0.3 is 0 Å². The van der Waals surface area contributed by atoms with E-state index in [0.717, 1.165) is 0 Å². The molecule has 0 N–H and O–H groups in total. The van der Waals surface area contributed by atoms with Crippen molar-refractivity contribution < 1.29 is 4.79 Å². The summed E-state index contributed by atoms with van der Waals surface area (Å²) in [5.74, 6) is 0. The lowest BCUT2D eigenvalue weighted by Crippen LogP contribution is -2.40.